The second-order valence-corrected chi connectivity index (χ2v) is 7.13. The Labute approximate surface area is 175 Å². The Hall–Kier alpha value is -3.79. The summed E-state index contributed by atoms with van der Waals surface area (Å²) in [5.41, 5.74) is 4.58. The standard InChI is InChI=1S/C26H21NO3/c1-3-25(28)19-12-14-20(15-13-19)30-26(29)22-16-24(18-10-8-17(2)9-11-18)27-23-7-5-4-6-21(22)23/h4-16H,3H2,1-2H3. The molecule has 0 N–H and O–H groups in total. The van der Waals surface area contributed by atoms with Gasteiger partial charge in [0.05, 0.1) is 16.8 Å². The van der Waals surface area contributed by atoms with Gasteiger partial charge >= 0.3 is 5.97 Å². The molecule has 30 heavy (non-hydrogen) atoms. The lowest BCUT2D eigenvalue weighted by Gasteiger charge is -2.10. The molecule has 4 rings (SSSR count). The van der Waals surface area contributed by atoms with Crippen molar-refractivity contribution in [1.29, 1.82) is 0 Å². The lowest BCUT2D eigenvalue weighted by molar-refractivity contribution is 0.0736. The Kier molecular flexibility index (Phi) is 5.40. The Morgan fingerprint density at radius 1 is 0.900 bits per heavy atom. The second kappa shape index (κ2) is 8.29. The van der Waals surface area contributed by atoms with Crippen LogP contribution in [0.3, 0.4) is 0 Å². The van der Waals surface area contributed by atoms with E-state index >= 15 is 0 Å². The molecular weight excluding hydrogens is 374 g/mol. The van der Waals surface area contributed by atoms with E-state index in [0.29, 0.717) is 29.0 Å². The van der Waals surface area contributed by atoms with Gasteiger partial charge in [-0.1, -0.05) is 55.0 Å². The van der Waals surface area contributed by atoms with Crippen molar-refractivity contribution in [3.63, 3.8) is 0 Å². The highest BCUT2D eigenvalue weighted by molar-refractivity contribution is 6.05. The lowest BCUT2D eigenvalue weighted by atomic mass is 10.0. The molecule has 4 nitrogen and oxygen atoms in total. The molecule has 3 aromatic carbocycles. The summed E-state index contributed by atoms with van der Waals surface area (Å²) in [5.74, 6) is -0.0160. The van der Waals surface area contributed by atoms with Crippen LogP contribution in [-0.2, 0) is 0 Å². The molecule has 0 bridgehead atoms. The number of hydrogen-bond donors (Lipinski definition) is 0. The number of carbonyl (C=O) groups is 2. The summed E-state index contributed by atoms with van der Waals surface area (Å²) in [7, 11) is 0. The Balaban J connectivity index is 1.71. The number of Topliss-reactive ketones (excluding diaryl/α,β-unsaturated/α-hetero) is 1. The molecule has 0 aliphatic heterocycles. The SMILES string of the molecule is CCC(=O)c1ccc(OC(=O)c2cc(-c3ccc(C)cc3)nc3ccccc23)cc1. The maximum absolute atomic E-state index is 13.0. The molecule has 0 unspecified atom stereocenters. The van der Waals surface area contributed by atoms with Gasteiger partial charge in [-0.05, 0) is 43.3 Å². The van der Waals surface area contributed by atoms with E-state index < -0.39 is 5.97 Å². The summed E-state index contributed by atoms with van der Waals surface area (Å²) in [5, 5.41) is 0.733. The maximum Gasteiger partial charge on any atom is 0.344 e. The van der Waals surface area contributed by atoms with Crippen LogP contribution in [0.25, 0.3) is 22.2 Å². The molecule has 4 aromatic rings. The van der Waals surface area contributed by atoms with Crippen LogP contribution in [0.2, 0.25) is 0 Å². The van der Waals surface area contributed by atoms with Gasteiger partial charge in [0.15, 0.2) is 5.78 Å². The average Bonchev–Trinajstić information content (AvgIpc) is 2.78. The first-order valence-electron chi connectivity index (χ1n) is 9.87. The number of aryl methyl sites for hydroxylation is 1. The number of nitrogens with zero attached hydrogens (tertiary/aromatic N) is 1. The summed E-state index contributed by atoms with van der Waals surface area (Å²) in [6.45, 7) is 3.84. The smallest absolute Gasteiger partial charge is 0.344 e. The number of para-hydroxylation sites is 1. The number of aromatic nitrogens is 1. The van der Waals surface area contributed by atoms with E-state index in [1.807, 2.05) is 62.4 Å². The summed E-state index contributed by atoms with van der Waals surface area (Å²) in [6.07, 6.45) is 0.434. The predicted octanol–water partition coefficient (Wildman–Crippen LogP) is 6.02. The zero-order chi connectivity index (χ0) is 21.1. The first-order chi connectivity index (χ1) is 14.5. The Morgan fingerprint density at radius 3 is 2.30 bits per heavy atom. The summed E-state index contributed by atoms with van der Waals surface area (Å²) >= 11 is 0. The van der Waals surface area contributed by atoms with E-state index in [4.69, 9.17) is 9.72 Å². The van der Waals surface area contributed by atoms with Gasteiger partial charge in [-0.25, -0.2) is 9.78 Å². The average molecular weight is 395 g/mol. The Morgan fingerprint density at radius 2 is 1.60 bits per heavy atom. The summed E-state index contributed by atoms with van der Waals surface area (Å²) < 4.78 is 5.61. The zero-order valence-corrected chi connectivity index (χ0v) is 16.9. The van der Waals surface area contributed by atoms with Crippen molar-refractivity contribution >= 4 is 22.7 Å². The third-order valence-electron chi connectivity index (χ3n) is 4.99. The molecule has 4 heteroatoms. The van der Waals surface area contributed by atoms with E-state index in [1.165, 1.54) is 0 Å². The molecule has 0 amide bonds. The van der Waals surface area contributed by atoms with Gasteiger partial charge in [-0.15, -0.1) is 0 Å². The van der Waals surface area contributed by atoms with Gasteiger partial charge in [0.2, 0.25) is 0 Å². The zero-order valence-electron chi connectivity index (χ0n) is 16.9. The summed E-state index contributed by atoms with van der Waals surface area (Å²) in [6, 6.07) is 23.9. The van der Waals surface area contributed by atoms with E-state index in [2.05, 4.69) is 0 Å². The lowest BCUT2D eigenvalue weighted by Crippen LogP contribution is -2.10. The van der Waals surface area contributed by atoms with Crippen LogP contribution in [0, 0.1) is 6.92 Å². The van der Waals surface area contributed by atoms with E-state index in [1.54, 1.807) is 30.3 Å². The van der Waals surface area contributed by atoms with Gasteiger partial charge in [-0.3, -0.25) is 4.79 Å². The number of esters is 1. The quantitative estimate of drug-likeness (QED) is 0.235. The van der Waals surface area contributed by atoms with Gasteiger partial charge in [0.1, 0.15) is 5.75 Å². The molecule has 0 aliphatic carbocycles. The van der Waals surface area contributed by atoms with Crippen LogP contribution in [0.5, 0.6) is 5.75 Å². The van der Waals surface area contributed by atoms with Gasteiger partial charge in [0.25, 0.3) is 0 Å². The number of fused-ring (bicyclic) bond motifs is 1. The second-order valence-electron chi connectivity index (χ2n) is 7.13. The fraction of sp³-hybridized carbons (Fsp3) is 0.115. The van der Waals surface area contributed by atoms with Crippen molar-refractivity contribution in [1.82, 2.24) is 4.98 Å². The molecule has 0 spiro atoms. The third-order valence-corrected chi connectivity index (χ3v) is 4.99. The number of hydrogen-bond acceptors (Lipinski definition) is 4. The highest BCUT2D eigenvalue weighted by Crippen LogP contribution is 2.26. The predicted molar refractivity (Wildman–Crippen MR) is 118 cm³/mol. The molecule has 0 atom stereocenters. The molecule has 0 aliphatic rings. The topological polar surface area (TPSA) is 56.3 Å². The molecule has 148 valence electrons. The van der Waals surface area contributed by atoms with E-state index in [0.717, 1.165) is 22.0 Å². The van der Waals surface area contributed by atoms with Crippen LogP contribution in [0.1, 0.15) is 39.6 Å². The summed E-state index contributed by atoms with van der Waals surface area (Å²) in [4.78, 5) is 29.5. The monoisotopic (exact) mass is 395 g/mol. The highest BCUT2D eigenvalue weighted by Gasteiger charge is 2.16. The third kappa shape index (κ3) is 3.98. The van der Waals surface area contributed by atoms with Crippen molar-refractivity contribution < 1.29 is 14.3 Å². The molecule has 1 heterocycles. The van der Waals surface area contributed by atoms with Gasteiger partial charge in [0, 0.05) is 22.9 Å². The number of benzene rings is 3. The highest BCUT2D eigenvalue weighted by atomic mass is 16.5. The minimum atomic E-state index is -0.462. The number of rotatable bonds is 5. The minimum absolute atomic E-state index is 0.0516. The van der Waals surface area contributed by atoms with Gasteiger partial charge < -0.3 is 4.74 Å². The van der Waals surface area contributed by atoms with Crippen molar-refractivity contribution in [3.8, 4) is 17.0 Å². The fourth-order valence-electron chi connectivity index (χ4n) is 3.29. The van der Waals surface area contributed by atoms with Crippen LogP contribution in [0.4, 0.5) is 0 Å². The van der Waals surface area contributed by atoms with Crippen LogP contribution < -0.4 is 4.74 Å². The molecular formula is C26H21NO3. The van der Waals surface area contributed by atoms with E-state index in [-0.39, 0.29) is 5.78 Å². The number of pyridine rings is 1. The Bertz CT molecular complexity index is 1230. The first-order valence-corrected chi connectivity index (χ1v) is 9.87. The number of ether oxygens (including phenoxy) is 1. The largest absolute Gasteiger partial charge is 0.423 e. The first kappa shape index (κ1) is 19.5. The molecule has 0 saturated carbocycles. The van der Waals surface area contributed by atoms with Crippen LogP contribution >= 0.6 is 0 Å². The molecule has 1 aromatic heterocycles. The van der Waals surface area contributed by atoms with Crippen molar-refractivity contribution in [3.05, 3.63) is 95.6 Å². The number of ketones is 1. The van der Waals surface area contributed by atoms with E-state index in [9.17, 15) is 9.59 Å². The van der Waals surface area contributed by atoms with Crippen LogP contribution in [-0.4, -0.2) is 16.7 Å². The van der Waals surface area contributed by atoms with Crippen molar-refractivity contribution in [2.24, 2.45) is 0 Å². The maximum atomic E-state index is 13.0. The normalized spacial score (nSPS) is 10.7. The van der Waals surface area contributed by atoms with Gasteiger partial charge in [-0.2, -0.15) is 0 Å². The van der Waals surface area contributed by atoms with Crippen molar-refractivity contribution in [2.45, 2.75) is 20.3 Å². The van der Waals surface area contributed by atoms with Crippen molar-refractivity contribution in [2.75, 3.05) is 0 Å². The molecule has 0 radical (unpaired) electrons. The minimum Gasteiger partial charge on any atom is -0.423 e. The fourth-order valence-corrected chi connectivity index (χ4v) is 3.29. The number of carbonyl (C=O) groups excluding carboxylic acids is 2. The van der Waals surface area contributed by atoms with Crippen LogP contribution in [0.15, 0.2) is 78.9 Å². The molecule has 0 saturated heterocycles. The molecule has 0 fully saturated rings.